The molecular formula is C8H13NO2S. The van der Waals surface area contributed by atoms with Gasteiger partial charge in [-0.2, -0.15) is 0 Å². The summed E-state index contributed by atoms with van der Waals surface area (Å²) in [7, 11) is 0. The van der Waals surface area contributed by atoms with Crippen LogP contribution in [-0.4, -0.2) is 46.1 Å². The Morgan fingerprint density at radius 3 is 2.83 bits per heavy atom. The molecule has 0 bridgehead atoms. The minimum atomic E-state index is -0.648. The Morgan fingerprint density at radius 1 is 1.50 bits per heavy atom. The van der Waals surface area contributed by atoms with Crippen LogP contribution in [0.3, 0.4) is 0 Å². The van der Waals surface area contributed by atoms with Crippen LogP contribution in [0.5, 0.6) is 0 Å². The van der Waals surface area contributed by atoms with Crippen LogP contribution in [0.25, 0.3) is 0 Å². The highest BCUT2D eigenvalue weighted by Gasteiger charge is 2.34. The number of nitrogens with zero attached hydrogens (tertiary/aromatic N) is 1. The van der Waals surface area contributed by atoms with E-state index < -0.39 is 5.97 Å². The van der Waals surface area contributed by atoms with Gasteiger partial charge >= 0.3 is 5.97 Å². The number of carboxylic acid groups (broad SMARTS) is 1. The van der Waals surface area contributed by atoms with E-state index in [2.05, 4.69) is 4.90 Å². The van der Waals surface area contributed by atoms with Crippen molar-refractivity contribution in [1.82, 2.24) is 4.90 Å². The standard InChI is InChI=1S/C8H13NO2S/c10-8(11)7-5-9(3-4-12-7)6-1-2-6/h6-7H,1-5H2,(H,10,11). The molecule has 1 heterocycles. The lowest BCUT2D eigenvalue weighted by atomic mass is 10.3. The zero-order chi connectivity index (χ0) is 8.55. The first-order valence-corrected chi connectivity index (χ1v) is 5.40. The maximum atomic E-state index is 10.7. The van der Waals surface area contributed by atoms with Crippen LogP contribution in [-0.2, 0) is 4.79 Å². The molecule has 12 heavy (non-hydrogen) atoms. The number of carbonyl (C=O) groups is 1. The molecule has 1 saturated heterocycles. The number of rotatable bonds is 2. The van der Waals surface area contributed by atoms with Gasteiger partial charge in [-0.05, 0) is 12.8 Å². The first kappa shape index (κ1) is 8.38. The second kappa shape index (κ2) is 3.26. The van der Waals surface area contributed by atoms with Gasteiger partial charge in [-0.3, -0.25) is 9.69 Å². The summed E-state index contributed by atoms with van der Waals surface area (Å²) in [5, 5.41) is 8.63. The SMILES string of the molecule is O=C(O)C1CN(C2CC2)CCS1. The van der Waals surface area contributed by atoms with Crippen LogP contribution in [0.1, 0.15) is 12.8 Å². The quantitative estimate of drug-likeness (QED) is 0.689. The molecule has 1 N–H and O–H groups in total. The van der Waals surface area contributed by atoms with Crippen LogP contribution >= 0.6 is 11.8 Å². The Balaban J connectivity index is 1.89. The highest BCUT2D eigenvalue weighted by molar-refractivity contribution is 8.00. The third-order valence-corrected chi connectivity index (χ3v) is 3.61. The Labute approximate surface area is 76.1 Å². The van der Waals surface area contributed by atoms with Gasteiger partial charge in [-0.25, -0.2) is 0 Å². The van der Waals surface area contributed by atoms with Gasteiger partial charge < -0.3 is 5.11 Å². The molecule has 2 aliphatic rings. The average Bonchev–Trinajstić information content (AvgIpc) is 2.87. The molecule has 1 aliphatic heterocycles. The van der Waals surface area contributed by atoms with E-state index >= 15 is 0 Å². The van der Waals surface area contributed by atoms with Crippen LogP contribution in [0, 0.1) is 0 Å². The van der Waals surface area contributed by atoms with Gasteiger partial charge in [0.1, 0.15) is 5.25 Å². The van der Waals surface area contributed by atoms with Crippen LogP contribution < -0.4 is 0 Å². The summed E-state index contributed by atoms with van der Waals surface area (Å²) in [4.78, 5) is 13.0. The van der Waals surface area contributed by atoms with Crippen molar-refractivity contribution in [3.8, 4) is 0 Å². The number of thioether (sulfide) groups is 1. The molecule has 0 spiro atoms. The number of carboxylic acids is 1. The van der Waals surface area contributed by atoms with Crippen molar-refractivity contribution >= 4 is 17.7 Å². The zero-order valence-corrected chi connectivity index (χ0v) is 7.72. The Kier molecular flexibility index (Phi) is 2.28. The Bertz CT molecular complexity index is 193. The summed E-state index contributed by atoms with van der Waals surface area (Å²) in [5.74, 6) is 0.332. The highest BCUT2D eigenvalue weighted by atomic mass is 32.2. The lowest BCUT2D eigenvalue weighted by Crippen LogP contribution is -2.42. The van der Waals surface area contributed by atoms with Gasteiger partial charge in [0.2, 0.25) is 0 Å². The van der Waals surface area contributed by atoms with E-state index in [1.54, 1.807) is 11.8 Å². The molecule has 2 rings (SSSR count). The van der Waals surface area contributed by atoms with Gasteiger partial charge in [0.15, 0.2) is 0 Å². The van der Waals surface area contributed by atoms with Gasteiger partial charge in [0.25, 0.3) is 0 Å². The van der Waals surface area contributed by atoms with E-state index in [1.807, 2.05) is 0 Å². The van der Waals surface area contributed by atoms with E-state index in [9.17, 15) is 4.79 Å². The molecule has 0 aromatic heterocycles. The van der Waals surface area contributed by atoms with Crippen LogP contribution in [0.15, 0.2) is 0 Å². The minimum absolute atomic E-state index is 0.181. The number of hydrogen-bond donors (Lipinski definition) is 1. The minimum Gasteiger partial charge on any atom is -0.480 e. The van der Waals surface area contributed by atoms with Crippen molar-refractivity contribution in [2.75, 3.05) is 18.8 Å². The zero-order valence-electron chi connectivity index (χ0n) is 6.90. The maximum absolute atomic E-state index is 10.7. The highest BCUT2D eigenvalue weighted by Crippen LogP contribution is 2.31. The predicted octanol–water partition coefficient (Wildman–Crippen LogP) is 0.651. The van der Waals surface area contributed by atoms with E-state index in [0.29, 0.717) is 6.04 Å². The summed E-state index contributed by atoms with van der Waals surface area (Å²) in [6.07, 6.45) is 2.55. The maximum Gasteiger partial charge on any atom is 0.317 e. The third kappa shape index (κ3) is 1.75. The van der Waals surface area contributed by atoms with E-state index in [-0.39, 0.29) is 5.25 Å². The van der Waals surface area contributed by atoms with Crippen molar-refractivity contribution < 1.29 is 9.90 Å². The Morgan fingerprint density at radius 2 is 2.25 bits per heavy atom. The second-order valence-corrected chi connectivity index (χ2v) is 4.73. The molecule has 1 atom stereocenters. The van der Waals surface area contributed by atoms with E-state index in [0.717, 1.165) is 18.8 Å². The summed E-state index contributed by atoms with van der Waals surface area (Å²) in [5.41, 5.74) is 0. The van der Waals surface area contributed by atoms with Crippen molar-refractivity contribution in [1.29, 1.82) is 0 Å². The van der Waals surface area contributed by atoms with Crippen LogP contribution in [0.4, 0.5) is 0 Å². The molecule has 1 unspecified atom stereocenters. The molecule has 3 nitrogen and oxygen atoms in total. The summed E-state index contributed by atoms with van der Waals surface area (Å²) in [6.45, 7) is 1.84. The van der Waals surface area contributed by atoms with Crippen molar-refractivity contribution in [2.45, 2.75) is 24.1 Å². The average molecular weight is 187 g/mol. The predicted molar refractivity (Wildman–Crippen MR) is 48.5 cm³/mol. The molecule has 0 aromatic rings. The molecule has 1 saturated carbocycles. The second-order valence-electron chi connectivity index (χ2n) is 3.42. The summed E-state index contributed by atoms with van der Waals surface area (Å²) < 4.78 is 0. The first-order chi connectivity index (χ1) is 5.77. The lowest BCUT2D eigenvalue weighted by Gasteiger charge is -2.29. The third-order valence-electron chi connectivity index (χ3n) is 2.44. The number of aliphatic carboxylic acids is 1. The van der Waals surface area contributed by atoms with Gasteiger partial charge in [-0.1, -0.05) is 0 Å². The van der Waals surface area contributed by atoms with E-state index in [1.165, 1.54) is 12.8 Å². The molecule has 68 valence electrons. The molecule has 2 fully saturated rings. The van der Waals surface area contributed by atoms with Crippen molar-refractivity contribution in [3.63, 3.8) is 0 Å². The smallest absolute Gasteiger partial charge is 0.317 e. The fraction of sp³-hybridized carbons (Fsp3) is 0.875. The van der Waals surface area contributed by atoms with Crippen molar-refractivity contribution in [2.24, 2.45) is 0 Å². The fourth-order valence-electron chi connectivity index (χ4n) is 1.59. The Hall–Kier alpha value is -0.220. The van der Waals surface area contributed by atoms with Crippen LogP contribution in [0.2, 0.25) is 0 Å². The topological polar surface area (TPSA) is 40.5 Å². The molecule has 0 radical (unpaired) electrons. The fourth-order valence-corrected chi connectivity index (χ4v) is 2.65. The van der Waals surface area contributed by atoms with Gasteiger partial charge in [0.05, 0.1) is 0 Å². The monoisotopic (exact) mass is 187 g/mol. The largest absolute Gasteiger partial charge is 0.480 e. The number of hydrogen-bond acceptors (Lipinski definition) is 3. The lowest BCUT2D eigenvalue weighted by molar-refractivity contribution is -0.136. The van der Waals surface area contributed by atoms with Gasteiger partial charge in [-0.15, -0.1) is 11.8 Å². The molecule has 1 aliphatic carbocycles. The van der Waals surface area contributed by atoms with Crippen molar-refractivity contribution in [3.05, 3.63) is 0 Å². The van der Waals surface area contributed by atoms with E-state index in [4.69, 9.17) is 5.11 Å². The summed E-state index contributed by atoms with van der Waals surface area (Å²) in [6, 6.07) is 0.716. The molecule has 0 aromatic carbocycles. The molecular weight excluding hydrogens is 174 g/mol. The first-order valence-electron chi connectivity index (χ1n) is 4.36. The molecule has 0 amide bonds. The molecule has 4 heteroatoms. The normalized spacial score (nSPS) is 31.8. The van der Waals surface area contributed by atoms with Gasteiger partial charge in [0, 0.05) is 24.9 Å². The summed E-state index contributed by atoms with van der Waals surface area (Å²) >= 11 is 1.58.